The van der Waals surface area contributed by atoms with Crippen LogP contribution in [0.1, 0.15) is 78.6 Å². The number of hydrogen-bond donors (Lipinski definition) is 1. The number of hydrogen-bond acceptors (Lipinski definition) is 3. The van der Waals surface area contributed by atoms with E-state index in [4.69, 9.17) is 0 Å². The van der Waals surface area contributed by atoms with Gasteiger partial charge < -0.3 is 10.2 Å². The first kappa shape index (κ1) is 23.9. The molecule has 0 aliphatic carbocycles. The minimum absolute atomic E-state index is 0.0339. The highest BCUT2D eigenvalue weighted by Gasteiger charge is 2.13. The topological polar surface area (TPSA) is 49.4 Å². The molecule has 0 radical (unpaired) electrons. The van der Waals surface area contributed by atoms with Gasteiger partial charge in [-0.3, -0.25) is 4.79 Å². The van der Waals surface area contributed by atoms with Crippen LogP contribution in [0.5, 0.6) is 0 Å². The van der Waals surface area contributed by atoms with Crippen LogP contribution in [-0.4, -0.2) is 24.9 Å². The Hall–Kier alpha value is -2.13. The van der Waals surface area contributed by atoms with Gasteiger partial charge in [0.15, 0.2) is 0 Å². The minimum atomic E-state index is -0.344. The van der Waals surface area contributed by atoms with Crippen LogP contribution in [0.15, 0.2) is 23.8 Å². The lowest BCUT2D eigenvalue weighted by Crippen LogP contribution is -2.26. The van der Waals surface area contributed by atoms with Gasteiger partial charge in [-0.25, -0.2) is 9.18 Å². The molecule has 0 aromatic heterocycles. The second-order valence-corrected chi connectivity index (χ2v) is 7.38. The number of nitrogens with zero attached hydrogens (tertiary/aromatic N) is 1. The van der Waals surface area contributed by atoms with E-state index in [1.807, 2.05) is 0 Å². The molecule has 0 aliphatic rings. The number of anilines is 2. The highest BCUT2D eigenvalue weighted by atomic mass is 19.1. The summed E-state index contributed by atoms with van der Waals surface area (Å²) in [6.07, 6.45) is 9.14. The number of nitrogens with one attached hydrogen (secondary N) is 1. The smallest absolute Gasteiger partial charge is 0.229 e. The molecule has 0 saturated heterocycles. The largest absolute Gasteiger partial charge is 0.369 e. The molecule has 28 heavy (non-hydrogen) atoms. The molecule has 0 heterocycles. The van der Waals surface area contributed by atoms with E-state index in [0.717, 1.165) is 38.8 Å². The number of carbonyl (C=O) groups excluding carboxylic acids is 2. The fourth-order valence-corrected chi connectivity index (χ4v) is 3.13. The zero-order valence-corrected chi connectivity index (χ0v) is 17.7. The van der Waals surface area contributed by atoms with Crippen LogP contribution in [0.25, 0.3) is 0 Å². The minimum Gasteiger partial charge on any atom is -0.369 e. The number of benzene rings is 1. The third-order valence-electron chi connectivity index (χ3n) is 4.74. The molecular formula is C23H35FN2O2. The summed E-state index contributed by atoms with van der Waals surface area (Å²) < 4.78 is 14.8. The van der Waals surface area contributed by atoms with Crippen molar-refractivity contribution in [2.45, 2.75) is 78.6 Å². The Morgan fingerprint density at radius 2 is 1.64 bits per heavy atom. The lowest BCUT2D eigenvalue weighted by molar-refractivity contribution is -0.115. The molecule has 1 N–H and O–H groups in total. The Morgan fingerprint density at radius 1 is 1.04 bits per heavy atom. The van der Waals surface area contributed by atoms with Crippen molar-refractivity contribution in [3.05, 3.63) is 29.6 Å². The summed E-state index contributed by atoms with van der Waals surface area (Å²) in [5, 5.41) is 2.64. The van der Waals surface area contributed by atoms with Crippen LogP contribution in [0.2, 0.25) is 0 Å². The predicted molar refractivity (Wildman–Crippen MR) is 115 cm³/mol. The Morgan fingerprint density at radius 3 is 2.14 bits per heavy atom. The van der Waals surface area contributed by atoms with E-state index in [9.17, 15) is 14.0 Å². The first-order valence-corrected chi connectivity index (χ1v) is 10.6. The summed E-state index contributed by atoms with van der Waals surface area (Å²) in [5.41, 5.74) is 1.32. The lowest BCUT2D eigenvalue weighted by atomic mass is 10.1. The summed E-state index contributed by atoms with van der Waals surface area (Å²) >= 11 is 0. The summed E-state index contributed by atoms with van der Waals surface area (Å²) in [4.78, 5) is 24.5. The second-order valence-electron chi connectivity index (χ2n) is 7.38. The summed E-state index contributed by atoms with van der Waals surface area (Å²) in [5.74, 6) is 1.03. The van der Waals surface area contributed by atoms with E-state index in [-0.39, 0.29) is 18.1 Å². The third kappa shape index (κ3) is 9.18. The molecule has 0 atom stereocenters. The van der Waals surface area contributed by atoms with Gasteiger partial charge in [-0.1, -0.05) is 52.4 Å². The number of carbonyl (C=O) groups is 1. The predicted octanol–water partition coefficient (Wildman–Crippen LogP) is 5.90. The van der Waals surface area contributed by atoms with Crippen LogP contribution < -0.4 is 10.2 Å². The fraction of sp³-hybridized carbons (Fsp3) is 0.609. The molecule has 0 unspecified atom stereocenters. The molecule has 0 bridgehead atoms. The maximum atomic E-state index is 14.8. The van der Waals surface area contributed by atoms with Gasteiger partial charge >= 0.3 is 0 Å². The van der Waals surface area contributed by atoms with Gasteiger partial charge in [0.1, 0.15) is 11.8 Å². The van der Waals surface area contributed by atoms with Gasteiger partial charge in [-0.05, 0) is 38.0 Å². The van der Waals surface area contributed by atoms with Gasteiger partial charge in [-0.2, -0.15) is 0 Å². The first-order chi connectivity index (χ1) is 13.5. The average molecular weight is 391 g/mol. The lowest BCUT2D eigenvalue weighted by Gasteiger charge is -2.26. The Balaban J connectivity index is 2.78. The Kier molecular flexibility index (Phi) is 11.9. The molecule has 0 fully saturated rings. The van der Waals surface area contributed by atoms with Gasteiger partial charge in [0.2, 0.25) is 5.91 Å². The van der Waals surface area contributed by atoms with Crippen LogP contribution in [0.3, 0.4) is 0 Å². The molecule has 1 amide bonds. The molecule has 1 rings (SSSR count). The molecule has 5 heteroatoms. The van der Waals surface area contributed by atoms with Crippen LogP contribution in [0.4, 0.5) is 15.8 Å². The average Bonchev–Trinajstić information content (AvgIpc) is 2.67. The maximum Gasteiger partial charge on any atom is 0.229 e. The SMILES string of the molecule is CCCCCCN(CCCCCC)c1ccc(NC(=O)CC(C)=C=O)cc1F. The normalized spacial score (nSPS) is 10.4. The number of rotatable bonds is 14. The van der Waals surface area contributed by atoms with Gasteiger partial charge in [0.05, 0.1) is 12.1 Å². The summed E-state index contributed by atoms with van der Waals surface area (Å²) in [6.45, 7) is 7.60. The van der Waals surface area contributed by atoms with E-state index in [0.29, 0.717) is 16.9 Å². The van der Waals surface area contributed by atoms with Crippen LogP contribution in [-0.2, 0) is 9.59 Å². The summed E-state index contributed by atoms with van der Waals surface area (Å²) in [6, 6.07) is 4.83. The van der Waals surface area contributed by atoms with Crippen LogP contribution in [0, 0.1) is 5.82 Å². The molecule has 1 aromatic rings. The Bertz CT molecular complexity index is 642. The molecule has 0 saturated carbocycles. The van der Waals surface area contributed by atoms with Crippen molar-refractivity contribution in [1.29, 1.82) is 0 Å². The standard InChI is InChI=1S/C23H35FN2O2/c1-4-6-8-10-14-26(15-11-9-7-5-2)22-13-12-20(17-21(22)24)25-23(28)16-19(3)18-27/h12-13,17H,4-11,14-16H2,1-3H3,(H,25,28). The highest BCUT2D eigenvalue weighted by Crippen LogP contribution is 2.24. The number of unbranched alkanes of at least 4 members (excludes halogenated alkanes) is 6. The molecule has 4 nitrogen and oxygen atoms in total. The van der Waals surface area contributed by atoms with Crippen molar-refractivity contribution in [1.82, 2.24) is 0 Å². The van der Waals surface area contributed by atoms with E-state index in [2.05, 4.69) is 24.1 Å². The first-order valence-electron chi connectivity index (χ1n) is 10.6. The molecule has 1 aromatic carbocycles. The molecule has 156 valence electrons. The van der Waals surface area contributed by atoms with E-state index < -0.39 is 0 Å². The van der Waals surface area contributed by atoms with Crippen molar-refractivity contribution in [2.24, 2.45) is 0 Å². The molecule has 0 aliphatic heterocycles. The fourth-order valence-electron chi connectivity index (χ4n) is 3.13. The number of amides is 1. The van der Waals surface area contributed by atoms with Gasteiger partial charge in [0.25, 0.3) is 0 Å². The van der Waals surface area contributed by atoms with Crippen LogP contribution >= 0.6 is 0 Å². The van der Waals surface area contributed by atoms with E-state index in [1.54, 1.807) is 25.0 Å². The second kappa shape index (κ2) is 14.0. The van der Waals surface area contributed by atoms with Crippen molar-refractivity contribution in [3.8, 4) is 0 Å². The zero-order chi connectivity index (χ0) is 20.8. The van der Waals surface area contributed by atoms with Crippen molar-refractivity contribution in [2.75, 3.05) is 23.3 Å². The van der Waals surface area contributed by atoms with Gasteiger partial charge in [-0.15, -0.1) is 0 Å². The van der Waals surface area contributed by atoms with Crippen molar-refractivity contribution >= 4 is 23.2 Å². The number of halogens is 1. The molecular weight excluding hydrogens is 355 g/mol. The quantitative estimate of drug-likeness (QED) is 0.318. The third-order valence-corrected chi connectivity index (χ3v) is 4.74. The highest BCUT2D eigenvalue weighted by molar-refractivity contribution is 5.93. The van der Waals surface area contributed by atoms with Gasteiger partial charge in [0, 0.05) is 24.4 Å². The monoisotopic (exact) mass is 390 g/mol. The van der Waals surface area contributed by atoms with Crippen molar-refractivity contribution < 1.29 is 14.0 Å². The summed E-state index contributed by atoms with van der Waals surface area (Å²) in [7, 11) is 0. The maximum absolute atomic E-state index is 14.8. The molecule has 0 spiro atoms. The Labute approximate surface area is 169 Å². The van der Waals surface area contributed by atoms with E-state index in [1.165, 1.54) is 31.7 Å². The van der Waals surface area contributed by atoms with Crippen molar-refractivity contribution in [3.63, 3.8) is 0 Å². The van der Waals surface area contributed by atoms with E-state index >= 15 is 0 Å². The zero-order valence-electron chi connectivity index (χ0n) is 17.7.